The summed E-state index contributed by atoms with van der Waals surface area (Å²) in [7, 11) is 0. The summed E-state index contributed by atoms with van der Waals surface area (Å²) in [5.74, 6) is 0.0593. The van der Waals surface area contributed by atoms with Crippen LogP contribution in [0.1, 0.15) is 28.8 Å². The molecule has 7 nitrogen and oxygen atoms in total. The highest BCUT2D eigenvalue weighted by Gasteiger charge is 2.13. The van der Waals surface area contributed by atoms with E-state index in [9.17, 15) is 14.7 Å². The number of benzene rings is 2. The highest BCUT2D eigenvalue weighted by molar-refractivity contribution is 5.95. The van der Waals surface area contributed by atoms with E-state index in [1.807, 2.05) is 6.07 Å². The smallest absolute Gasteiger partial charge is 0.345 e. The largest absolute Gasteiger partial charge is 0.508 e. The molecule has 160 valence electrons. The van der Waals surface area contributed by atoms with Crippen LogP contribution < -0.4 is 11.0 Å². The van der Waals surface area contributed by atoms with E-state index in [2.05, 4.69) is 20.2 Å². The molecule has 2 aromatic carbocycles. The third-order valence-corrected chi connectivity index (χ3v) is 5.59. The van der Waals surface area contributed by atoms with Crippen LogP contribution in [-0.4, -0.2) is 52.1 Å². The highest BCUT2D eigenvalue weighted by Crippen LogP contribution is 2.26. The summed E-state index contributed by atoms with van der Waals surface area (Å²) in [6.07, 6.45) is 2.45. The number of likely N-dealkylation sites (tertiary alicyclic amines) is 1. The second kappa shape index (κ2) is 9.14. The third-order valence-electron chi connectivity index (χ3n) is 5.59. The molecule has 0 aliphatic carbocycles. The maximum Gasteiger partial charge on any atom is 0.345 e. The molecule has 1 amide bonds. The Balaban J connectivity index is 1.54. The predicted octanol–water partition coefficient (Wildman–Crippen LogP) is 2.94. The zero-order valence-electron chi connectivity index (χ0n) is 17.5. The van der Waals surface area contributed by atoms with Crippen LogP contribution in [0.2, 0.25) is 0 Å². The van der Waals surface area contributed by atoms with Crippen molar-refractivity contribution in [3.05, 3.63) is 70.1 Å². The molecule has 1 fully saturated rings. The third kappa shape index (κ3) is 5.00. The van der Waals surface area contributed by atoms with E-state index >= 15 is 0 Å². The van der Waals surface area contributed by atoms with Gasteiger partial charge in [0.2, 0.25) is 0 Å². The molecule has 0 bridgehead atoms. The van der Waals surface area contributed by atoms with Gasteiger partial charge in [-0.3, -0.25) is 4.79 Å². The minimum absolute atomic E-state index is 0.139. The van der Waals surface area contributed by atoms with Gasteiger partial charge in [-0.15, -0.1) is 0 Å². The number of carbonyl (C=O) groups is 1. The summed E-state index contributed by atoms with van der Waals surface area (Å²) in [4.78, 5) is 34.0. The fourth-order valence-corrected chi connectivity index (χ4v) is 3.84. The van der Waals surface area contributed by atoms with Crippen LogP contribution in [0.15, 0.2) is 53.3 Å². The first kappa shape index (κ1) is 20.8. The zero-order valence-corrected chi connectivity index (χ0v) is 17.5. The molecule has 0 unspecified atom stereocenters. The molecule has 3 N–H and O–H groups in total. The summed E-state index contributed by atoms with van der Waals surface area (Å²) in [5.41, 5.74) is 3.31. The number of hydrogen-bond acceptors (Lipinski definition) is 5. The Morgan fingerprint density at radius 2 is 1.94 bits per heavy atom. The number of aromatic hydroxyl groups is 1. The number of phenols is 1. The van der Waals surface area contributed by atoms with Gasteiger partial charge in [-0.05, 0) is 80.4 Å². The summed E-state index contributed by atoms with van der Waals surface area (Å²) in [6.45, 7) is 5.46. The number of aryl methyl sites for hydroxylation is 1. The second-order valence-electron chi connectivity index (χ2n) is 7.87. The minimum atomic E-state index is -0.473. The first-order valence-corrected chi connectivity index (χ1v) is 10.5. The molecular formula is C24H26N4O3. The number of hydrogen-bond donors (Lipinski definition) is 3. The summed E-state index contributed by atoms with van der Waals surface area (Å²) >= 11 is 0. The molecule has 1 aromatic heterocycles. The Kier molecular flexibility index (Phi) is 6.13. The molecule has 1 saturated heterocycles. The standard InChI is InChI=1S/C24H26N4O3/c1-16-13-18(7-8-22(16)29)21-15-20(26-24(31)27-21)17-5-4-6-19(14-17)23(30)25-9-12-28-10-2-3-11-28/h4-8,13-15,29H,2-3,9-12H2,1H3,(H,25,30)(H,26,27,31). The molecule has 7 heteroatoms. The Morgan fingerprint density at radius 3 is 2.71 bits per heavy atom. The number of phenolic OH excluding ortho intramolecular Hbond substituents is 1. The second-order valence-corrected chi connectivity index (χ2v) is 7.87. The molecule has 0 saturated carbocycles. The van der Waals surface area contributed by atoms with E-state index in [0.717, 1.165) is 25.2 Å². The van der Waals surface area contributed by atoms with Gasteiger partial charge in [-0.2, -0.15) is 4.98 Å². The molecule has 0 radical (unpaired) electrons. The van der Waals surface area contributed by atoms with Gasteiger partial charge in [-0.1, -0.05) is 12.1 Å². The fraction of sp³-hybridized carbons (Fsp3) is 0.292. The molecule has 4 rings (SSSR count). The fourth-order valence-electron chi connectivity index (χ4n) is 3.84. The van der Waals surface area contributed by atoms with E-state index < -0.39 is 5.69 Å². The number of aromatic nitrogens is 2. The number of carbonyl (C=O) groups excluding carboxylic acids is 1. The maximum absolute atomic E-state index is 12.6. The Hall–Kier alpha value is -3.45. The Bertz CT molecular complexity index is 1150. The SMILES string of the molecule is Cc1cc(-c2cc(-c3cccc(C(=O)NCCN4CCCC4)c3)nc(=O)[nH]2)ccc1O. The number of H-pyrrole nitrogens is 1. The first-order valence-electron chi connectivity index (χ1n) is 10.5. The average Bonchev–Trinajstić information content (AvgIpc) is 3.29. The predicted molar refractivity (Wildman–Crippen MR) is 120 cm³/mol. The molecule has 0 atom stereocenters. The van der Waals surface area contributed by atoms with Crippen molar-refractivity contribution < 1.29 is 9.90 Å². The van der Waals surface area contributed by atoms with E-state index in [4.69, 9.17) is 0 Å². The van der Waals surface area contributed by atoms with Gasteiger partial charge < -0.3 is 20.3 Å². The Morgan fingerprint density at radius 1 is 1.13 bits per heavy atom. The molecular weight excluding hydrogens is 392 g/mol. The number of nitrogens with one attached hydrogen (secondary N) is 2. The van der Waals surface area contributed by atoms with E-state index in [1.54, 1.807) is 49.4 Å². The van der Waals surface area contributed by atoms with Gasteiger partial charge in [0.25, 0.3) is 5.91 Å². The van der Waals surface area contributed by atoms with Crippen molar-refractivity contribution in [2.24, 2.45) is 0 Å². The van der Waals surface area contributed by atoms with Gasteiger partial charge >= 0.3 is 5.69 Å². The van der Waals surface area contributed by atoms with Crippen LogP contribution in [0.25, 0.3) is 22.5 Å². The molecule has 1 aliphatic heterocycles. The van der Waals surface area contributed by atoms with Crippen LogP contribution in [-0.2, 0) is 0 Å². The summed E-state index contributed by atoms with van der Waals surface area (Å²) in [6, 6.07) is 14.0. The molecule has 31 heavy (non-hydrogen) atoms. The van der Waals surface area contributed by atoms with Crippen molar-refractivity contribution in [3.8, 4) is 28.3 Å². The van der Waals surface area contributed by atoms with Crippen LogP contribution in [0.4, 0.5) is 0 Å². The van der Waals surface area contributed by atoms with Crippen LogP contribution in [0, 0.1) is 6.92 Å². The van der Waals surface area contributed by atoms with Crippen molar-refractivity contribution in [2.45, 2.75) is 19.8 Å². The minimum Gasteiger partial charge on any atom is -0.508 e. The lowest BCUT2D eigenvalue weighted by atomic mass is 10.0. The molecule has 2 heterocycles. The lowest BCUT2D eigenvalue weighted by Gasteiger charge is -2.14. The highest BCUT2D eigenvalue weighted by atomic mass is 16.3. The quantitative estimate of drug-likeness (QED) is 0.572. The van der Waals surface area contributed by atoms with Crippen molar-refractivity contribution in [1.29, 1.82) is 0 Å². The normalized spacial score (nSPS) is 14.0. The van der Waals surface area contributed by atoms with Crippen LogP contribution in [0.5, 0.6) is 5.75 Å². The molecule has 1 aliphatic rings. The van der Waals surface area contributed by atoms with Crippen LogP contribution in [0.3, 0.4) is 0 Å². The van der Waals surface area contributed by atoms with E-state index in [-0.39, 0.29) is 11.7 Å². The van der Waals surface area contributed by atoms with Crippen molar-refractivity contribution in [1.82, 2.24) is 20.2 Å². The summed E-state index contributed by atoms with van der Waals surface area (Å²) < 4.78 is 0. The lowest BCUT2D eigenvalue weighted by molar-refractivity contribution is 0.0950. The van der Waals surface area contributed by atoms with Crippen molar-refractivity contribution in [2.75, 3.05) is 26.2 Å². The van der Waals surface area contributed by atoms with Gasteiger partial charge in [-0.25, -0.2) is 4.79 Å². The number of amides is 1. The monoisotopic (exact) mass is 418 g/mol. The average molecular weight is 418 g/mol. The lowest BCUT2D eigenvalue weighted by Crippen LogP contribution is -2.33. The van der Waals surface area contributed by atoms with Crippen LogP contribution >= 0.6 is 0 Å². The van der Waals surface area contributed by atoms with Gasteiger partial charge in [0, 0.05) is 24.2 Å². The zero-order chi connectivity index (χ0) is 21.8. The van der Waals surface area contributed by atoms with Gasteiger partial charge in [0.1, 0.15) is 5.75 Å². The van der Waals surface area contributed by atoms with E-state index in [0.29, 0.717) is 34.6 Å². The first-order chi connectivity index (χ1) is 15.0. The number of nitrogens with zero attached hydrogens (tertiary/aromatic N) is 2. The van der Waals surface area contributed by atoms with Crippen molar-refractivity contribution in [3.63, 3.8) is 0 Å². The van der Waals surface area contributed by atoms with Crippen molar-refractivity contribution >= 4 is 5.91 Å². The number of rotatable bonds is 6. The molecule has 3 aromatic rings. The maximum atomic E-state index is 12.6. The number of aromatic amines is 1. The summed E-state index contributed by atoms with van der Waals surface area (Å²) in [5, 5.41) is 12.7. The van der Waals surface area contributed by atoms with Gasteiger partial charge in [0.05, 0.1) is 11.4 Å². The van der Waals surface area contributed by atoms with E-state index in [1.165, 1.54) is 12.8 Å². The van der Waals surface area contributed by atoms with Gasteiger partial charge in [0.15, 0.2) is 0 Å². The molecule has 0 spiro atoms. The topological polar surface area (TPSA) is 98.3 Å². The Labute approximate surface area is 180 Å².